The van der Waals surface area contributed by atoms with Crippen molar-refractivity contribution in [2.24, 2.45) is 0 Å². The lowest BCUT2D eigenvalue weighted by molar-refractivity contribution is -0.140. The quantitative estimate of drug-likeness (QED) is 0.756. The number of thiophene rings is 1. The Labute approximate surface area is 115 Å². The summed E-state index contributed by atoms with van der Waals surface area (Å²) in [5.74, 6) is -2.11. The third kappa shape index (κ3) is 3.03. The molecule has 0 aliphatic carbocycles. The zero-order chi connectivity index (χ0) is 13.2. The van der Waals surface area contributed by atoms with E-state index in [1.165, 1.54) is 5.56 Å². The van der Waals surface area contributed by atoms with Crippen LogP contribution in [0.4, 0.5) is 5.69 Å². The maximum atomic E-state index is 9.98. The van der Waals surface area contributed by atoms with E-state index in [9.17, 15) is 10.2 Å². The van der Waals surface area contributed by atoms with E-state index in [1.54, 1.807) is 12.1 Å². The van der Waals surface area contributed by atoms with Crippen LogP contribution >= 0.6 is 22.9 Å². The number of rotatable bonds is 4. The van der Waals surface area contributed by atoms with Gasteiger partial charge < -0.3 is 15.5 Å². The van der Waals surface area contributed by atoms with Crippen LogP contribution in [0.15, 0.2) is 36.4 Å². The smallest absolute Gasteiger partial charge is 0.282 e. The summed E-state index contributed by atoms with van der Waals surface area (Å²) in [5.41, 5.74) is 1.84. The van der Waals surface area contributed by atoms with E-state index in [0.29, 0.717) is 14.9 Å². The molecule has 3 N–H and O–H groups in total. The summed E-state index contributed by atoms with van der Waals surface area (Å²) in [7, 11) is 0. The average molecular weight is 284 g/mol. The molecule has 0 radical (unpaired) electrons. The van der Waals surface area contributed by atoms with Crippen LogP contribution in [0.2, 0.25) is 4.34 Å². The molecule has 5 heteroatoms. The second-order valence-electron chi connectivity index (χ2n) is 3.95. The van der Waals surface area contributed by atoms with Gasteiger partial charge in [0.1, 0.15) is 0 Å². The van der Waals surface area contributed by atoms with E-state index in [1.807, 2.05) is 24.3 Å². The predicted molar refractivity (Wildman–Crippen MR) is 74.9 cm³/mol. The standard InChI is InChI=1S/C13H14ClNO2S/c1-2-9-3-5-10(6-4-9)15-13(16,17)11-7-8-12(14)18-11/h3-8,15-17H,2H2,1H3. The van der Waals surface area contributed by atoms with E-state index in [2.05, 4.69) is 12.2 Å². The number of nitrogens with one attached hydrogen (secondary N) is 1. The van der Waals surface area contributed by atoms with Crippen molar-refractivity contribution in [1.29, 1.82) is 0 Å². The summed E-state index contributed by atoms with van der Waals surface area (Å²) in [6.45, 7) is 2.07. The van der Waals surface area contributed by atoms with Gasteiger partial charge in [0.05, 0.1) is 9.21 Å². The van der Waals surface area contributed by atoms with Crippen molar-refractivity contribution in [3.63, 3.8) is 0 Å². The monoisotopic (exact) mass is 283 g/mol. The molecule has 0 atom stereocenters. The highest BCUT2D eigenvalue weighted by Crippen LogP contribution is 2.30. The molecule has 1 heterocycles. The zero-order valence-corrected chi connectivity index (χ0v) is 11.4. The molecule has 1 aromatic carbocycles. The third-order valence-electron chi connectivity index (χ3n) is 2.60. The highest BCUT2D eigenvalue weighted by molar-refractivity contribution is 7.16. The van der Waals surface area contributed by atoms with Gasteiger partial charge in [-0.2, -0.15) is 0 Å². The Balaban J connectivity index is 2.16. The molecule has 0 unspecified atom stereocenters. The highest BCUT2D eigenvalue weighted by Gasteiger charge is 2.27. The Kier molecular flexibility index (Phi) is 3.92. The molecule has 1 aromatic heterocycles. The second kappa shape index (κ2) is 5.28. The van der Waals surface area contributed by atoms with Crippen LogP contribution in [-0.2, 0) is 12.3 Å². The largest absolute Gasteiger partial charge is 0.344 e. The lowest BCUT2D eigenvalue weighted by Gasteiger charge is -2.22. The summed E-state index contributed by atoms with van der Waals surface area (Å²) in [4.78, 5) is 0.354. The summed E-state index contributed by atoms with van der Waals surface area (Å²) >= 11 is 6.90. The molecule has 0 aliphatic rings. The number of halogens is 1. The van der Waals surface area contributed by atoms with Crippen LogP contribution in [0.1, 0.15) is 17.4 Å². The SMILES string of the molecule is CCc1ccc(NC(O)(O)c2ccc(Cl)s2)cc1. The van der Waals surface area contributed by atoms with E-state index < -0.39 is 5.91 Å². The first-order chi connectivity index (χ1) is 8.51. The van der Waals surface area contributed by atoms with Crippen LogP contribution in [0.3, 0.4) is 0 Å². The molecule has 0 saturated carbocycles. The minimum absolute atomic E-state index is 0.354. The first-order valence-corrected chi connectivity index (χ1v) is 6.78. The molecular weight excluding hydrogens is 270 g/mol. The molecule has 96 valence electrons. The van der Waals surface area contributed by atoms with Crippen molar-refractivity contribution >= 4 is 28.6 Å². The summed E-state index contributed by atoms with van der Waals surface area (Å²) in [6, 6.07) is 10.7. The number of hydrogen-bond donors (Lipinski definition) is 3. The second-order valence-corrected chi connectivity index (χ2v) is 5.67. The Morgan fingerprint density at radius 2 is 1.83 bits per heavy atom. The summed E-state index contributed by atoms with van der Waals surface area (Å²) in [5, 5.41) is 22.6. The van der Waals surface area contributed by atoms with Gasteiger partial charge in [0, 0.05) is 5.69 Å². The molecule has 0 spiro atoms. The zero-order valence-electron chi connectivity index (χ0n) is 9.85. The molecule has 0 fully saturated rings. The fourth-order valence-electron chi connectivity index (χ4n) is 1.59. The van der Waals surface area contributed by atoms with E-state index in [0.717, 1.165) is 17.8 Å². The van der Waals surface area contributed by atoms with Gasteiger partial charge >= 0.3 is 0 Å². The van der Waals surface area contributed by atoms with Gasteiger partial charge in [-0.1, -0.05) is 30.7 Å². The number of benzene rings is 1. The minimum atomic E-state index is -2.11. The van der Waals surface area contributed by atoms with Crippen molar-refractivity contribution in [3.8, 4) is 0 Å². The molecule has 0 bridgehead atoms. The molecule has 0 aliphatic heterocycles. The topological polar surface area (TPSA) is 52.5 Å². The molecule has 2 aromatic rings. The average Bonchev–Trinajstić information content (AvgIpc) is 2.77. The van der Waals surface area contributed by atoms with Gasteiger partial charge in [0.2, 0.25) is 0 Å². The van der Waals surface area contributed by atoms with Gasteiger partial charge in [-0.15, -0.1) is 11.3 Å². The Hall–Kier alpha value is -1.07. The van der Waals surface area contributed by atoms with Crippen LogP contribution < -0.4 is 5.32 Å². The van der Waals surface area contributed by atoms with Crippen molar-refractivity contribution in [2.45, 2.75) is 19.3 Å². The normalized spacial score (nSPS) is 11.6. The summed E-state index contributed by atoms with van der Waals surface area (Å²) < 4.78 is 0.514. The van der Waals surface area contributed by atoms with Crippen LogP contribution in [0.25, 0.3) is 0 Å². The molecule has 2 rings (SSSR count). The van der Waals surface area contributed by atoms with Crippen molar-refractivity contribution in [3.05, 3.63) is 51.2 Å². The molecule has 0 saturated heterocycles. The van der Waals surface area contributed by atoms with Gasteiger partial charge in [-0.3, -0.25) is 0 Å². The van der Waals surface area contributed by atoms with Crippen molar-refractivity contribution in [2.75, 3.05) is 5.32 Å². The maximum absolute atomic E-state index is 9.98. The van der Waals surface area contributed by atoms with Gasteiger partial charge in [0.25, 0.3) is 5.91 Å². The van der Waals surface area contributed by atoms with Gasteiger partial charge in [-0.25, -0.2) is 0 Å². The van der Waals surface area contributed by atoms with Gasteiger partial charge in [-0.05, 0) is 36.2 Å². The minimum Gasteiger partial charge on any atom is -0.344 e. The van der Waals surface area contributed by atoms with Crippen LogP contribution in [-0.4, -0.2) is 10.2 Å². The third-order valence-corrected chi connectivity index (χ3v) is 3.93. The van der Waals surface area contributed by atoms with Crippen molar-refractivity contribution in [1.82, 2.24) is 0 Å². The highest BCUT2D eigenvalue weighted by atomic mass is 35.5. The van der Waals surface area contributed by atoms with E-state index >= 15 is 0 Å². The molecule has 0 amide bonds. The lowest BCUT2D eigenvalue weighted by Crippen LogP contribution is -2.33. The number of anilines is 1. The van der Waals surface area contributed by atoms with Crippen LogP contribution in [0.5, 0.6) is 0 Å². The van der Waals surface area contributed by atoms with Crippen molar-refractivity contribution < 1.29 is 10.2 Å². The first kappa shape index (κ1) is 13.4. The fourth-order valence-corrected chi connectivity index (χ4v) is 2.58. The Morgan fingerprint density at radius 3 is 2.33 bits per heavy atom. The number of aliphatic hydroxyl groups is 2. The predicted octanol–water partition coefficient (Wildman–Crippen LogP) is 3.17. The Bertz CT molecular complexity index is 522. The van der Waals surface area contributed by atoms with E-state index in [4.69, 9.17) is 11.6 Å². The molecular formula is C13H14ClNO2S. The number of aryl methyl sites for hydroxylation is 1. The van der Waals surface area contributed by atoms with Crippen LogP contribution in [0, 0.1) is 0 Å². The fraction of sp³-hybridized carbons (Fsp3) is 0.231. The first-order valence-electron chi connectivity index (χ1n) is 5.59. The summed E-state index contributed by atoms with van der Waals surface area (Å²) in [6.07, 6.45) is 0.949. The van der Waals surface area contributed by atoms with E-state index in [-0.39, 0.29) is 0 Å². The molecule has 3 nitrogen and oxygen atoms in total. The lowest BCUT2D eigenvalue weighted by atomic mass is 10.1. The maximum Gasteiger partial charge on any atom is 0.282 e. The molecule has 18 heavy (non-hydrogen) atoms. The number of hydrogen-bond acceptors (Lipinski definition) is 4. The Morgan fingerprint density at radius 1 is 1.17 bits per heavy atom. The van der Waals surface area contributed by atoms with Gasteiger partial charge in [0.15, 0.2) is 0 Å².